The second-order valence-corrected chi connectivity index (χ2v) is 4.65. The van der Waals surface area contributed by atoms with Gasteiger partial charge in [0.1, 0.15) is 6.10 Å². The number of benzene rings is 1. The first kappa shape index (κ1) is 10.3. The fourth-order valence-electron chi connectivity index (χ4n) is 2.21. The zero-order chi connectivity index (χ0) is 11.0. The van der Waals surface area contributed by atoms with E-state index in [1.807, 2.05) is 24.3 Å². The molecule has 1 aromatic rings. The third-order valence-corrected chi connectivity index (χ3v) is 3.44. The second kappa shape index (κ2) is 4.21. The minimum Gasteiger partial charge on any atom is -0.370 e. The smallest absolute Gasteiger partial charge is 0.104 e. The Kier molecular flexibility index (Phi) is 2.72. The quantitative estimate of drug-likeness (QED) is 0.804. The summed E-state index contributed by atoms with van der Waals surface area (Å²) in [6.45, 7) is 0.642. The van der Waals surface area contributed by atoms with E-state index in [0.29, 0.717) is 6.61 Å². The lowest BCUT2D eigenvalue weighted by Crippen LogP contribution is -2.23. The molecule has 2 nitrogen and oxygen atoms in total. The lowest BCUT2D eigenvalue weighted by molar-refractivity contribution is 0.00366. The van der Waals surface area contributed by atoms with Crippen LogP contribution in [0.1, 0.15) is 12.0 Å². The Bertz CT molecular complexity index is 402. The lowest BCUT2D eigenvalue weighted by Gasteiger charge is -2.17. The average molecular weight is 237 g/mol. The van der Waals surface area contributed by atoms with Gasteiger partial charge in [0.25, 0.3) is 0 Å². The van der Waals surface area contributed by atoms with Crippen molar-refractivity contribution in [2.24, 2.45) is 0 Å². The molecule has 3 rings (SSSR count). The van der Waals surface area contributed by atoms with Crippen LogP contribution in [0.5, 0.6) is 0 Å². The van der Waals surface area contributed by atoms with Gasteiger partial charge in [0.15, 0.2) is 0 Å². The highest BCUT2D eigenvalue weighted by molar-refractivity contribution is 6.30. The normalized spacial score (nSPS) is 31.8. The third-order valence-electron chi connectivity index (χ3n) is 3.07. The van der Waals surface area contributed by atoms with Gasteiger partial charge in [0.05, 0.1) is 18.8 Å². The molecule has 3 atom stereocenters. The predicted octanol–water partition coefficient (Wildman–Crippen LogP) is 2.87. The molecular formula is C13H13ClO2. The molecule has 0 aromatic heterocycles. The van der Waals surface area contributed by atoms with Gasteiger partial charge in [0, 0.05) is 11.5 Å². The first-order valence-corrected chi connectivity index (χ1v) is 5.89. The van der Waals surface area contributed by atoms with Crippen LogP contribution in [0.25, 0.3) is 0 Å². The zero-order valence-corrected chi connectivity index (χ0v) is 9.56. The van der Waals surface area contributed by atoms with Crippen LogP contribution in [-0.4, -0.2) is 18.3 Å². The van der Waals surface area contributed by atoms with E-state index in [0.717, 1.165) is 11.5 Å². The van der Waals surface area contributed by atoms with Crippen molar-refractivity contribution in [1.82, 2.24) is 0 Å². The molecule has 0 spiro atoms. The number of rotatable bonds is 3. The van der Waals surface area contributed by atoms with Crippen LogP contribution >= 0.6 is 11.6 Å². The van der Waals surface area contributed by atoms with Crippen LogP contribution in [0.2, 0.25) is 0 Å². The highest BCUT2D eigenvalue weighted by Crippen LogP contribution is 2.37. The Balaban J connectivity index is 1.58. The van der Waals surface area contributed by atoms with Crippen LogP contribution < -0.4 is 0 Å². The molecule has 1 aromatic carbocycles. The minimum absolute atomic E-state index is 0.0567. The summed E-state index contributed by atoms with van der Waals surface area (Å²) in [5.74, 6) is 0. The molecule has 0 saturated carbocycles. The summed E-state index contributed by atoms with van der Waals surface area (Å²) in [6.07, 6.45) is 3.14. The minimum atomic E-state index is 0.0567. The molecule has 0 radical (unpaired) electrons. The van der Waals surface area contributed by atoms with Gasteiger partial charge in [-0.1, -0.05) is 41.9 Å². The molecule has 0 aliphatic carbocycles. The van der Waals surface area contributed by atoms with Crippen molar-refractivity contribution in [2.45, 2.75) is 31.3 Å². The number of halogens is 1. The van der Waals surface area contributed by atoms with Gasteiger partial charge in [-0.25, -0.2) is 0 Å². The first-order valence-electron chi connectivity index (χ1n) is 5.51. The van der Waals surface area contributed by atoms with Crippen molar-refractivity contribution in [3.8, 4) is 0 Å². The largest absolute Gasteiger partial charge is 0.370 e. The number of hydrogen-bond acceptors (Lipinski definition) is 2. The molecule has 2 heterocycles. The van der Waals surface area contributed by atoms with Crippen molar-refractivity contribution in [1.29, 1.82) is 0 Å². The fourth-order valence-corrected chi connectivity index (χ4v) is 2.47. The highest BCUT2D eigenvalue weighted by Gasteiger charge is 2.41. The second-order valence-electron chi connectivity index (χ2n) is 4.21. The first-order chi connectivity index (χ1) is 7.83. The van der Waals surface area contributed by atoms with Gasteiger partial charge >= 0.3 is 0 Å². The molecule has 2 aliphatic rings. The van der Waals surface area contributed by atoms with Gasteiger partial charge in [-0.2, -0.15) is 0 Å². The summed E-state index contributed by atoms with van der Waals surface area (Å²) < 4.78 is 11.5. The average Bonchev–Trinajstić information content (AvgIpc) is 2.86. The molecule has 3 heteroatoms. The maximum atomic E-state index is 5.97. The highest BCUT2D eigenvalue weighted by atomic mass is 35.5. The van der Waals surface area contributed by atoms with E-state index >= 15 is 0 Å². The van der Waals surface area contributed by atoms with Crippen LogP contribution in [0.3, 0.4) is 0 Å². The Labute approximate surface area is 99.8 Å². The van der Waals surface area contributed by atoms with Gasteiger partial charge < -0.3 is 9.47 Å². The topological polar surface area (TPSA) is 18.5 Å². The summed E-state index contributed by atoms with van der Waals surface area (Å²) in [7, 11) is 0. The Morgan fingerprint density at radius 1 is 1.31 bits per heavy atom. The molecule has 1 fully saturated rings. The third kappa shape index (κ3) is 1.88. The number of fused-ring (bicyclic) bond motifs is 2. The van der Waals surface area contributed by atoms with Crippen molar-refractivity contribution < 1.29 is 9.47 Å². The summed E-state index contributed by atoms with van der Waals surface area (Å²) in [5, 5.41) is 0.838. The van der Waals surface area contributed by atoms with Crippen LogP contribution in [0.4, 0.5) is 0 Å². The molecule has 84 valence electrons. The van der Waals surface area contributed by atoms with Gasteiger partial charge in [-0.3, -0.25) is 0 Å². The summed E-state index contributed by atoms with van der Waals surface area (Å²) in [6, 6.07) is 10.2. The summed E-state index contributed by atoms with van der Waals surface area (Å²) >= 11 is 5.97. The number of hydrogen-bond donors (Lipinski definition) is 0. The monoisotopic (exact) mass is 236 g/mol. The summed E-state index contributed by atoms with van der Waals surface area (Å²) in [5.41, 5.74) is 1.19. The van der Waals surface area contributed by atoms with Gasteiger partial charge in [-0.15, -0.1) is 0 Å². The molecular weight excluding hydrogens is 224 g/mol. The maximum Gasteiger partial charge on any atom is 0.104 e. The fraction of sp³-hybridized carbons (Fsp3) is 0.385. The molecule has 16 heavy (non-hydrogen) atoms. The predicted molar refractivity (Wildman–Crippen MR) is 62.2 cm³/mol. The van der Waals surface area contributed by atoms with E-state index in [9.17, 15) is 0 Å². The van der Waals surface area contributed by atoms with Crippen molar-refractivity contribution >= 4 is 11.6 Å². The van der Waals surface area contributed by atoms with E-state index in [1.54, 1.807) is 0 Å². The van der Waals surface area contributed by atoms with E-state index in [4.69, 9.17) is 21.1 Å². The Hall–Kier alpha value is -0.830. The van der Waals surface area contributed by atoms with E-state index in [-0.39, 0.29) is 18.3 Å². The van der Waals surface area contributed by atoms with Gasteiger partial charge in [-0.05, 0) is 11.6 Å². The van der Waals surface area contributed by atoms with Crippen LogP contribution in [0, 0.1) is 0 Å². The van der Waals surface area contributed by atoms with Crippen molar-refractivity contribution in [2.75, 3.05) is 0 Å². The molecule has 2 bridgehead atoms. The Morgan fingerprint density at radius 3 is 2.75 bits per heavy atom. The van der Waals surface area contributed by atoms with E-state index in [2.05, 4.69) is 12.1 Å². The van der Waals surface area contributed by atoms with E-state index in [1.165, 1.54) is 5.56 Å². The summed E-state index contributed by atoms with van der Waals surface area (Å²) in [4.78, 5) is 0. The Morgan fingerprint density at radius 2 is 2.12 bits per heavy atom. The molecule has 0 N–H and O–H groups in total. The zero-order valence-electron chi connectivity index (χ0n) is 8.80. The standard InChI is InChI=1S/C13H13ClO2/c14-10-6-13-12(7-11(10)16-13)15-8-9-4-2-1-3-5-9/h1-6,11-13H,7-8H2/t11-,12-,13-/m1/s1. The van der Waals surface area contributed by atoms with E-state index < -0.39 is 0 Å². The van der Waals surface area contributed by atoms with Crippen LogP contribution in [0.15, 0.2) is 41.4 Å². The van der Waals surface area contributed by atoms with Gasteiger partial charge in [0.2, 0.25) is 0 Å². The lowest BCUT2D eigenvalue weighted by atomic mass is 10.0. The molecule has 2 aliphatic heterocycles. The SMILES string of the molecule is ClC1=C[C@H]2O[C@@H]1C[C@H]2OCc1ccccc1. The van der Waals surface area contributed by atoms with Crippen molar-refractivity contribution in [3.63, 3.8) is 0 Å². The molecule has 1 saturated heterocycles. The molecule has 0 amide bonds. The maximum absolute atomic E-state index is 5.97. The number of ether oxygens (including phenoxy) is 2. The van der Waals surface area contributed by atoms with Crippen molar-refractivity contribution in [3.05, 3.63) is 47.0 Å². The molecule has 0 unspecified atom stereocenters. The van der Waals surface area contributed by atoms with Crippen LogP contribution in [-0.2, 0) is 16.1 Å².